The molecule has 0 radical (unpaired) electrons. The maximum Gasteiger partial charge on any atom is 0.134 e. The van der Waals surface area contributed by atoms with Crippen LogP contribution in [0.5, 0.6) is 0 Å². The summed E-state index contributed by atoms with van der Waals surface area (Å²) in [6, 6.07) is 15.8. The standard InChI is InChI=1S/C18H12N2OS/c19-12-15(8-4-9-16-10-5-11-21-16)18-20-17(13-22-18)14-6-2-1-3-7-14/h1-11,13H/b9-4+,15-8-. The Labute approximate surface area is 132 Å². The Morgan fingerprint density at radius 2 is 2.05 bits per heavy atom. The van der Waals surface area contributed by atoms with Crippen molar-refractivity contribution in [2.24, 2.45) is 0 Å². The Kier molecular flexibility index (Phi) is 4.28. The number of aromatic nitrogens is 1. The number of thiazole rings is 1. The van der Waals surface area contributed by atoms with Gasteiger partial charge in [0.05, 0.1) is 17.5 Å². The molecule has 0 aliphatic carbocycles. The van der Waals surface area contributed by atoms with Crippen molar-refractivity contribution in [3.63, 3.8) is 0 Å². The summed E-state index contributed by atoms with van der Waals surface area (Å²) in [5.74, 6) is 0.748. The molecule has 4 heteroatoms. The van der Waals surface area contributed by atoms with E-state index in [0.717, 1.165) is 17.0 Å². The Hall–Kier alpha value is -2.90. The third-order valence-corrected chi connectivity index (χ3v) is 3.87. The Morgan fingerprint density at radius 1 is 1.18 bits per heavy atom. The van der Waals surface area contributed by atoms with Crippen LogP contribution in [0.25, 0.3) is 22.9 Å². The van der Waals surface area contributed by atoms with Crippen molar-refractivity contribution >= 4 is 23.0 Å². The van der Waals surface area contributed by atoms with Crippen molar-refractivity contribution in [3.8, 4) is 17.3 Å². The van der Waals surface area contributed by atoms with Gasteiger partial charge < -0.3 is 4.42 Å². The van der Waals surface area contributed by atoms with Gasteiger partial charge >= 0.3 is 0 Å². The lowest BCUT2D eigenvalue weighted by molar-refractivity contribution is 0.557. The van der Waals surface area contributed by atoms with Gasteiger partial charge in [0.2, 0.25) is 0 Å². The Bertz CT molecular complexity index is 837. The number of nitriles is 1. The lowest BCUT2D eigenvalue weighted by Gasteiger charge is -1.94. The summed E-state index contributed by atoms with van der Waals surface area (Å²) in [5.41, 5.74) is 2.47. The largest absolute Gasteiger partial charge is 0.465 e. The van der Waals surface area contributed by atoms with E-state index < -0.39 is 0 Å². The first-order chi connectivity index (χ1) is 10.9. The fourth-order valence-corrected chi connectivity index (χ4v) is 2.72. The second-order valence-corrected chi connectivity index (χ2v) is 5.33. The van der Waals surface area contributed by atoms with Gasteiger partial charge in [-0.25, -0.2) is 4.98 Å². The molecule has 1 aromatic carbocycles. The quantitative estimate of drug-likeness (QED) is 0.502. The molecular formula is C18H12N2OS. The first kappa shape index (κ1) is 14.1. The van der Waals surface area contributed by atoms with Crippen LogP contribution in [0.15, 0.2) is 70.7 Å². The van der Waals surface area contributed by atoms with Crippen LogP contribution in [0, 0.1) is 11.3 Å². The van der Waals surface area contributed by atoms with E-state index in [1.54, 1.807) is 18.4 Å². The molecule has 0 bridgehead atoms. The molecule has 2 heterocycles. The van der Waals surface area contributed by atoms with Crippen LogP contribution < -0.4 is 0 Å². The van der Waals surface area contributed by atoms with Crippen molar-refractivity contribution < 1.29 is 4.42 Å². The SMILES string of the molecule is N#C/C(=C/C=C/c1ccco1)c1nc(-c2ccccc2)cs1. The van der Waals surface area contributed by atoms with E-state index >= 15 is 0 Å². The van der Waals surface area contributed by atoms with E-state index in [1.807, 2.05) is 53.9 Å². The minimum absolute atomic E-state index is 0.537. The van der Waals surface area contributed by atoms with Crippen molar-refractivity contribution in [3.05, 3.63) is 77.0 Å². The number of hydrogen-bond donors (Lipinski definition) is 0. The minimum Gasteiger partial charge on any atom is -0.465 e. The fourth-order valence-electron chi connectivity index (χ4n) is 1.92. The maximum absolute atomic E-state index is 9.31. The van der Waals surface area contributed by atoms with Gasteiger partial charge in [0.1, 0.15) is 16.8 Å². The van der Waals surface area contributed by atoms with Gasteiger partial charge in [-0.05, 0) is 24.3 Å². The van der Waals surface area contributed by atoms with E-state index in [0.29, 0.717) is 10.6 Å². The maximum atomic E-state index is 9.31. The van der Waals surface area contributed by atoms with E-state index in [4.69, 9.17) is 4.42 Å². The number of nitrogens with zero attached hydrogens (tertiary/aromatic N) is 2. The van der Waals surface area contributed by atoms with E-state index in [-0.39, 0.29) is 0 Å². The normalized spacial score (nSPS) is 11.7. The molecular weight excluding hydrogens is 292 g/mol. The Balaban J connectivity index is 1.83. The van der Waals surface area contributed by atoms with Crippen LogP contribution in [0.1, 0.15) is 10.8 Å². The summed E-state index contributed by atoms with van der Waals surface area (Å²) in [7, 11) is 0. The summed E-state index contributed by atoms with van der Waals surface area (Å²) in [5, 5.41) is 12.0. The van der Waals surface area contributed by atoms with Gasteiger partial charge in [-0.1, -0.05) is 36.4 Å². The first-order valence-electron chi connectivity index (χ1n) is 6.70. The van der Waals surface area contributed by atoms with Gasteiger partial charge in [-0.15, -0.1) is 11.3 Å². The molecule has 0 unspecified atom stereocenters. The topological polar surface area (TPSA) is 49.8 Å². The molecule has 0 fully saturated rings. The average Bonchev–Trinajstić information content (AvgIpc) is 3.24. The van der Waals surface area contributed by atoms with Gasteiger partial charge in [-0.3, -0.25) is 0 Å². The van der Waals surface area contributed by atoms with Crippen molar-refractivity contribution in [2.45, 2.75) is 0 Å². The molecule has 0 saturated carbocycles. The van der Waals surface area contributed by atoms with Crippen LogP contribution in [0.4, 0.5) is 0 Å². The highest BCUT2D eigenvalue weighted by Gasteiger charge is 2.07. The molecule has 0 aliphatic rings. The summed E-state index contributed by atoms with van der Waals surface area (Å²) in [6.07, 6.45) is 6.96. The number of allylic oxidation sites excluding steroid dienone is 3. The van der Waals surface area contributed by atoms with Crippen LogP contribution in [0.3, 0.4) is 0 Å². The molecule has 0 aliphatic heterocycles. The highest BCUT2D eigenvalue weighted by Crippen LogP contribution is 2.25. The summed E-state index contributed by atoms with van der Waals surface area (Å²) in [6.45, 7) is 0. The van der Waals surface area contributed by atoms with Crippen molar-refractivity contribution in [2.75, 3.05) is 0 Å². The van der Waals surface area contributed by atoms with Crippen molar-refractivity contribution in [1.29, 1.82) is 5.26 Å². The Morgan fingerprint density at radius 3 is 2.77 bits per heavy atom. The van der Waals surface area contributed by atoms with E-state index in [9.17, 15) is 5.26 Å². The molecule has 0 amide bonds. The third-order valence-electron chi connectivity index (χ3n) is 2.99. The van der Waals surface area contributed by atoms with Gasteiger partial charge in [-0.2, -0.15) is 5.26 Å². The lowest BCUT2D eigenvalue weighted by atomic mass is 10.2. The second kappa shape index (κ2) is 6.70. The van der Waals surface area contributed by atoms with Crippen LogP contribution in [-0.2, 0) is 0 Å². The molecule has 22 heavy (non-hydrogen) atoms. The zero-order chi connectivity index (χ0) is 15.2. The van der Waals surface area contributed by atoms with Crippen LogP contribution in [0.2, 0.25) is 0 Å². The molecule has 2 aromatic heterocycles. The predicted molar refractivity (Wildman–Crippen MR) is 88.9 cm³/mol. The number of hydrogen-bond acceptors (Lipinski definition) is 4. The third kappa shape index (κ3) is 3.22. The zero-order valence-electron chi connectivity index (χ0n) is 11.6. The summed E-state index contributed by atoms with van der Waals surface area (Å²) in [4.78, 5) is 4.54. The van der Waals surface area contributed by atoms with E-state index in [1.165, 1.54) is 11.3 Å². The molecule has 106 valence electrons. The molecule has 0 saturated heterocycles. The first-order valence-corrected chi connectivity index (χ1v) is 7.58. The molecule has 3 nitrogen and oxygen atoms in total. The van der Waals surface area contributed by atoms with E-state index in [2.05, 4.69) is 11.1 Å². The van der Waals surface area contributed by atoms with Gasteiger partial charge in [0, 0.05) is 10.9 Å². The van der Waals surface area contributed by atoms with Gasteiger partial charge in [0.15, 0.2) is 0 Å². The highest BCUT2D eigenvalue weighted by atomic mass is 32.1. The second-order valence-electron chi connectivity index (χ2n) is 4.47. The van der Waals surface area contributed by atoms with Crippen molar-refractivity contribution in [1.82, 2.24) is 4.98 Å². The predicted octanol–water partition coefficient (Wildman–Crippen LogP) is 5.02. The molecule has 0 N–H and O–H groups in total. The summed E-state index contributed by atoms with van der Waals surface area (Å²) >= 11 is 1.47. The smallest absolute Gasteiger partial charge is 0.134 e. The fraction of sp³-hybridized carbons (Fsp3) is 0. The minimum atomic E-state index is 0.537. The molecule has 3 rings (SSSR count). The van der Waals surface area contributed by atoms with Crippen LogP contribution >= 0.6 is 11.3 Å². The zero-order valence-corrected chi connectivity index (χ0v) is 12.5. The molecule has 0 atom stereocenters. The molecule has 3 aromatic rings. The number of furan rings is 1. The lowest BCUT2D eigenvalue weighted by Crippen LogP contribution is -1.81. The monoisotopic (exact) mass is 304 g/mol. The van der Waals surface area contributed by atoms with Crippen LogP contribution in [-0.4, -0.2) is 4.98 Å². The number of benzene rings is 1. The summed E-state index contributed by atoms with van der Waals surface area (Å²) < 4.78 is 5.20. The average molecular weight is 304 g/mol. The van der Waals surface area contributed by atoms with Gasteiger partial charge in [0.25, 0.3) is 0 Å². The molecule has 0 spiro atoms. The number of rotatable bonds is 4. The highest BCUT2D eigenvalue weighted by molar-refractivity contribution is 7.11.